The maximum Gasteiger partial charge on any atom is 0.253 e. The fourth-order valence-electron chi connectivity index (χ4n) is 4.22. The number of fused-ring (bicyclic) bond motifs is 1. The van der Waals surface area contributed by atoms with E-state index in [0.717, 1.165) is 54.6 Å². The van der Waals surface area contributed by atoms with Gasteiger partial charge in [-0.3, -0.25) is 9.69 Å². The van der Waals surface area contributed by atoms with E-state index < -0.39 is 0 Å². The minimum atomic E-state index is -0.259. The fourth-order valence-corrected chi connectivity index (χ4v) is 4.22. The van der Waals surface area contributed by atoms with E-state index in [1.165, 1.54) is 6.42 Å². The Balaban J connectivity index is 1.92. The quantitative estimate of drug-likeness (QED) is 0.716. The molecule has 4 rings (SSSR count). The number of tetrazole rings is 1. The lowest BCUT2D eigenvalue weighted by atomic mass is 9.97. The molecule has 0 amide bonds. The summed E-state index contributed by atoms with van der Waals surface area (Å²) >= 11 is 0. The molecule has 1 N–H and O–H groups in total. The Hall–Kier alpha value is -2.54. The number of likely N-dealkylation sites (tertiary alicyclic amines) is 1. The minimum Gasteiger partial charge on any atom is -0.321 e. The van der Waals surface area contributed by atoms with Crippen LogP contribution in [0.2, 0.25) is 0 Å². The van der Waals surface area contributed by atoms with E-state index in [9.17, 15) is 4.79 Å². The van der Waals surface area contributed by atoms with Crippen molar-refractivity contribution >= 4 is 10.9 Å². The summed E-state index contributed by atoms with van der Waals surface area (Å²) in [5, 5.41) is 13.8. The molecule has 1 aromatic carbocycles. The van der Waals surface area contributed by atoms with E-state index in [1.54, 1.807) is 0 Å². The van der Waals surface area contributed by atoms with Crippen molar-refractivity contribution in [3.63, 3.8) is 0 Å². The second kappa shape index (κ2) is 7.71. The molecule has 0 spiro atoms. The van der Waals surface area contributed by atoms with Crippen molar-refractivity contribution in [3.8, 4) is 0 Å². The number of hydrogen-bond donors (Lipinski definition) is 1. The van der Waals surface area contributed by atoms with E-state index in [0.29, 0.717) is 5.56 Å². The standard InChI is InChI=1S/C22H30N6O/c1-5-22(3,4)28-20(24-25-26-28)19(27-12-7-6-8-13-27)17-14-16-11-9-10-15(2)18(16)23-21(17)29/h9-11,14,19H,5-8,12-13H2,1-4H3,(H,23,29)/t19-/m0/s1. The van der Waals surface area contributed by atoms with Crippen molar-refractivity contribution in [1.82, 2.24) is 30.1 Å². The van der Waals surface area contributed by atoms with Crippen LogP contribution < -0.4 is 5.56 Å². The van der Waals surface area contributed by atoms with Gasteiger partial charge in [0, 0.05) is 5.56 Å². The molecule has 1 atom stereocenters. The van der Waals surface area contributed by atoms with Crippen LogP contribution >= 0.6 is 0 Å². The predicted octanol–water partition coefficient (Wildman–Crippen LogP) is 3.54. The average Bonchev–Trinajstić information content (AvgIpc) is 3.21. The maximum atomic E-state index is 13.2. The van der Waals surface area contributed by atoms with Gasteiger partial charge in [0.15, 0.2) is 5.82 Å². The van der Waals surface area contributed by atoms with Gasteiger partial charge in [0.1, 0.15) is 6.04 Å². The Morgan fingerprint density at radius 1 is 1.21 bits per heavy atom. The number of nitrogens with one attached hydrogen (secondary N) is 1. The zero-order valence-electron chi connectivity index (χ0n) is 17.8. The highest BCUT2D eigenvalue weighted by molar-refractivity contribution is 5.82. The molecule has 154 valence electrons. The van der Waals surface area contributed by atoms with E-state index in [1.807, 2.05) is 35.9 Å². The van der Waals surface area contributed by atoms with Crippen molar-refractivity contribution < 1.29 is 0 Å². The smallest absolute Gasteiger partial charge is 0.253 e. The summed E-state index contributed by atoms with van der Waals surface area (Å²) in [5.74, 6) is 0.747. The first-order valence-electron chi connectivity index (χ1n) is 10.6. The number of rotatable bonds is 5. The Kier molecular flexibility index (Phi) is 5.25. The predicted molar refractivity (Wildman–Crippen MR) is 114 cm³/mol. The number of hydrogen-bond acceptors (Lipinski definition) is 5. The summed E-state index contributed by atoms with van der Waals surface area (Å²) in [7, 11) is 0. The lowest BCUT2D eigenvalue weighted by Gasteiger charge is -2.35. The summed E-state index contributed by atoms with van der Waals surface area (Å²) in [6.07, 6.45) is 4.37. The van der Waals surface area contributed by atoms with Crippen molar-refractivity contribution in [1.29, 1.82) is 0 Å². The Bertz CT molecular complexity index is 1060. The third-order valence-corrected chi connectivity index (χ3v) is 6.34. The van der Waals surface area contributed by atoms with Crippen molar-refractivity contribution in [3.05, 3.63) is 51.6 Å². The zero-order valence-corrected chi connectivity index (χ0v) is 17.8. The van der Waals surface area contributed by atoms with Crippen LogP contribution in [0.25, 0.3) is 10.9 Å². The van der Waals surface area contributed by atoms with Gasteiger partial charge in [0.2, 0.25) is 0 Å². The molecule has 3 heterocycles. The van der Waals surface area contributed by atoms with Gasteiger partial charge in [-0.1, -0.05) is 31.5 Å². The van der Waals surface area contributed by atoms with Crippen molar-refractivity contribution in [2.75, 3.05) is 13.1 Å². The topological polar surface area (TPSA) is 79.7 Å². The lowest BCUT2D eigenvalue weighted by molar-refractivity contribution is 0.167. The molecule has 7 heteroatoms. The van der Waals surface area contributed by atoms with Crippen LogP contribution in [0.15, 0.2) is 29.1 Å². The largest absolute Gasteiger partial charge is 0.321 e. The highest BCUT2D eigenvalue weighted by Gasteiger charge is 2.34. The van der Waals surface area contributed by atoms with E-state index in [2.05, 4.69) is 46.2 Å². The second-order valence-corrected chi connectivity index (χ2v) is 8.71. The number of benzene rings is 1. The zero-order chi connectivity index (χ0) is 20.6. The van der Waals surface area contributed by atoms with E-state index >= 15 is 0 Å². The molecule has 0 saturated carbocycles. The molecule has 1 saturated heterocycles. The van der Waals surface area contributed by atoms with E-state index in [4.69, 9.17) is 0 Å². The number of nitrogens with zero attached hydrogens (tertiary/aromatic N) is 5. The summed E-state index contributed by atoms with van der Waals surface area (Å²) in [5.41, 5.74) is 2.39. The summed E-state index contributed by atoms with van der Waals surface area (Å²) in [4.78, 5) is 18.7. The highest BCUT2D eigenvalue weighted by atomic mass is 16.1. The maximum absolute atomic E-state index is 13.2. The van der Waals surface area contributed by atoms with Gasteiger partial charge in [0.25, 0.3) is 5.56 Å². The van der Waals surface area contributed by atoms with Gasteiger partial charge in [-0.25, -0.2) is 4.68 Å². The first kappa shape index (κ1) is 19.8. The molecule has 2 aromatic heterocycles. The molecule has 0 aliphatic carbocycles. The first-order chi connectivity index (χ1) is 13.9. The van der Waals surface area contributed by atoms with Crippen molar-refractivity contribution in [2.45, 2.75) is 65.0 Å². The Morgan fingerprint density at radius 3 is 2.69 bits per heavy atom. The first-order valence-corrected chi connectivity index (χ1v) is 10.6. The number of aryl methyl sites for hydroxylation is 1. The third kappa shape index (κ3) is 3.59. The lowest BCUT2D eigenvalue weighted by Crippen LogP contribution is -2.40. The number of H-pyrrole nitrogens is 1. The van der Waals surface area contributed by atoms with Gasteiger partial charge in [-0.05, 0) is 80.6 Å². The highest BCUT2D eigenvalue weighted by Crippen LogP contribution is 2.32. The van der Waals surface area contributed by atoms with Gasteiger partial charge in [0.05, 0.1) is 11.1 Å². The Morgan fingerprint density at radius 2 is 1.97 bits per heavy atom. The van der Waals surface area contributed by atoms with Gasteiger partial charge in [-0.2, -0.15) is 0 Å². The molecule has 1 aliphatic heterocycles. The van der Waals surface area contributed by atoms with Crippen molar-refractivity contribution in [2.24, 2.45) is 0 Å². The molecule has 7 nitrogen and oxygen atoms in total. The molecule has 1 fully saturated rings. The molecule has 0 bridgehead atoms. The monoisotopic (exact) mass is 394 g/mol. The van der Waals surface area contributed by atoms with E-state index in [-0.39, 0.29) is 17.1 Å². The van der Waals surface area contributed by atoms with Crippen LogP contribution in [0.4, 0.5) is 0 Å². The number of pyridine rings is 1. The van der Waals surface area contributed by atoms with Gasteiger partial charge in [-0.15, -0.1) is 5.10 Å². The van der Waals surface area contributed by atoms with Crippen LogP contribution in [-0.2, 0) is 5.54 Å². The third-order valence-electron chi connectivity index (χ3n) is 6.34. The summed E-state index contributed by atoms with van der Waals surface area (Å²) in [6.45, 7) is 10.3. The van der Waals surface area contributed by atoms with Crippen LogP contribution in [0.3, 0.4) is 0 Å². The Labute approximate surface area is 171 Å². The number of aromatic nitrogens is 5. The summed E-state index contributed by atoms with van der Waals surface area (Å²) in [6, 6.07) is 7.86. The molecular weight excluding hydrogens is 364 g/mol. The SMILES string of the molecule is CCC(C)(C)n1nnnc1[C@H](c1cc2cccc(C)c2[nH]c1=O)N1CCCCC1. The average molecular weight is 395 g/mol. The van der Waals surface area contributed by atoms with Crippen LogP contribution in [0, 0.1) is 6.92 Å². The van der Waals surface area contributed by atoms with Crippen LogP contribution in [-0.4, -0.2) is 43.2 Å². The summed E-state index contributed by atoms with van der Waals surface area (Å²) < 4.78 is 1.91. The van der Waals surface area contributed by atoms with Crippen LogP contribution in [0.5, 0.6) is 0 Å². The number of aromatic amines is 1. The van der Waals surface area contributed by atoms with Crippen LogP contribution in [0.1, 0.15) is 69.4 Å². The molecule has 1 aliphatic rings. The van der Waals surface area contributed by atoms with Gasteiger partial charge >= 0.3 is 0 Å². The van der Waals surface area contributed by atoms with Gasteiger partial charge < -0.3 is 4.98 Å². The molecular formula is C22H30N6O. The molecule has 29 heavy (non-hydrogen) atoms. The normalized spacial score (nSPS) is 17.0. The number of piperidine rings is 1. The minimum absolute atomic E-state index is 0.0637. The molecule has 3 aromatic rings. The number of para-hydroxylation sites is 1. The fraction of sp³-hybridized carbons (Fsp3) is 0.545. The molecule has 0 unspecified atom stereocenters. The molecule has 0 radical (unpaired) electrons. The second-order valence-electron chi connectivity index (χ2n) is 8.71.